The summed E-state index contributed by atoms with van der Waals surface area (Å²) < 4.78 is 6.08. The molecule has 4 nitrogen and oxygen atoms in total. The summed E-state index contributed by atoms with van der Waals surface area (Å²) in [6, 6.07) is 5.50. The van der Waals surface area contributed by atoms with Gasteiger partial charge in [0.25, 0.3) is 0 Å². The zero-order chi connectivity index (χ0) is 13.0. The second-order valence-corrected chi connectivity index (χ2v) is 5.18. The minimum Gasteiger partial charge on any atom is -0.495 e. The fourth-order valence-corrected chi connectivity index (χ4v) is 2.45. The topological polar surface area (TPSA) is 41.6 Å². The molecule has 5 heteroatoms. The van der Waals surface area contributed by atoms with E-state index < -0.39 is 0 Å². The maximum absolute atomic E-state index is 12.0. The molecule has 0 saturated carbocycles. The van der Waals surface area contributed by atoms with Gasteiger partial charge in [0.15, 0.2) is 0 Å². The third-order valence-corrected chi connectivity index (χ3v) is 3.70. The number of methoxy groups -OCH3 is 1. The van der Waals surface area contributed by atoms with Gasteiger partial charge in [-0.15, -0.1) is 0 Å². The van der Waals surface area contributed by atoms with E-state index in [2.05, 4.69) is 21.2 Å². The Kier molecular flexibility index (Phi) is 4.47. The van der Waals surface area contributed by atoms with E-state index in [1.807, 2.05) is 23.1 Å². The molecule has 0 bridgehead atoms. The van der Waals surface area contributed by atoms with E-state index in [0.717, 1.165) is 36.1 Å². The lowest BCUT2D eigenvalue weighted by Crippen LogP contribution is -2.38. The number of ether oxygens (including phenoxy) is 1. The smallest absolute Gasteiger partial charge is 0.321 e. The predicted octanol–water partition coefficient (Wildman–Crippen LogP) is 3.48. The fourth-order valence-electron chi connectivity index (χ4n) is 2.04. The van der Waals surface area contributed by atoms with E-state index in [1.165, 1.54) is 6.42 Å². The van der Waals surface area contributed by atoms with Crippen molar-refractivity contribution in [3.8, 4) is 5.75 Å². The van der Waals surface area contributed by atoms with Gasteiger partial charge in [-0.2, -0.15) is 0 Å². The van der Waals surface area contributed by atoms with Crippen LogP contribution in [0, 0.1) is 0 Å². The quantitative estimate of drug-likeness (QED) is 0.908. The highest BCUT2D eigenvalue weighted by atomic mass is 79.9. The zero-order valence-corrected chi connectivity index (χ0v) is 12.0. The maximum Gasteiger partial charge on any atom is 0.321 e. The van der Waals surface area contributed by atoms with Crippen molar-refractivity contribution in [2.45, 2.75) is 19.3 Å². The summed E-state index contributed by atoms with van der Waals surface area (Å²) in [5.74, 6) is 0.714. The average Bonchev–Trinajstić information content (AvgIpc) is 2.42. The number of hydrogen-bond acceptors (Lipinski definition) is 2. The van der Waals surface area contributed by atoms with Crippen LogP contribution in [-0.4, -0.2) is 31.1 Å². The summed E-state index contributed by atoms with van der Waals surface area (Å²) in [5.41, 5.74) is 0.755. The molecule has 1 aliphatic heterocycles. The molecular formula is C13H17BrN2O2. The summed E-state index contributed by atoms with van der Waals surface area (Å²) in [5, 5.41) is 2.90. The normalized spacial score (nSPS) is 15.3. The van der Waals surface area contributed by atoms with Crippen molar-refractivity contribution >= 4 is 27.6 Å². The molecule has 1 aromatic carbocycles. The van der Waals surface area contributed by atoms with Crippen molar-refractivity contribution in [3.05, 3.63) is 22.7 Å². The molecule has 2 amide bonds. The van der Waals surface area contributed by atoms with Gasteiger partial charge in [0.05, 0.1) is 11.6 Å². The van der Waals surface area contributed by atoms with Crippen LogP contribution in [0.4, 0.5) is 10.5 Å². The third-order valence-electron chi connectivity index (χ3n) is 3.05. The number of nitrogens with one attached hydrogen (secondary N) is 1. The molecule has 1 N–H and O–H groups in total. The number of hydrogen-bond donors (Lipinski definition) is 1. The number of urea groups is 1. The molecule has 0 radical (unpaired) electrons. The van der Waals surface area contributed by atoms with Gasteiger partial charge < -0.3 is 15.0 Å². The summed E-state index contributed by atoms with van der Waals surface area (Å²) in [7, 11) is 1.61. The van der Waals surface area contributed by atoms with E-state index in [-0.39, 0.29) is 6.03 Å². The minimum absolute atomic E-state index is 0.0286. The third kappa shape index (κ3) is 3.16. The first kappa shape index (κ1) is 13.2. The molecule has 0 spiro atoms. The Morgan fingerprint density at radius 2 is 2.06 bits per heavy atom. The fraction of sp³-hybridized carbons (Fsp3) is 0.462. The Morgan fingerprint density at radius 3 is 2.72 bits per heavy atom. The number of benzene rings is 1. The first-order chi connectivity index (χ1) is 8.70. The number of carbonyl (C=O) groups excluding carboxylic acids is 1. The van der Waals surface area contributed by atoms with E-state index in [1.54, 1.807) is 7.11 Å². The Morgan fingerprint density at radius 1 is 1.33 bits per heavy atom. The van der Waals surface area contributed by atoms with Crippen molar-refractivity contribution in [1.82, 2.24) is 4.90 Å². The first-order valence-electron chi connectivity index (χ1n) is 6.10. The molecule has 2 rings (SSSR count). The predicted molar refractivity (Wildman–Crippen MR) is 75.1 cm³/mol. The molecule has 18 heavy (non-hydrogen) atoms. The number of rotatable bonds is 2. The van der Waals surface area contributed by atoms with E-state index >= 15 is 0 Å². The van der Waals surface area contributed by atoms with Crippen LogP contribution in [0.15, 0.2) is 22.7 Å². The van der Waals surface area contributed by atoms with Gasteiger partial charge in [0.2, 0.25) is 0 Å². The summed E-state index contributed by atoms with van der Waals surface area (Å²) in [6.45, 7) is 1.69. The number of anilines is 1. The molecule has 1 heterocycles. The van der Waals surface area contributed by atoms with Crippen molar-refractivity contribution in [3.63, 3.8) is 0 Å². The summed E-state index contributed by atoms with van der Waals surface area (Å²) in [6.07, 6.45) is 3.41. The van der Waals surface area contributed by atoms with Gasteiger partial charge in [0, 0.05) is 24.8 Å². The van der Waals surface area contributed by atoms with Crippen molar-refractivity contribution in [2.24, 2.45) is 0 Å². The summed E-state index contributed by atoms with van der Waals surface area (Å²) in [4.78, 5) is 13.9. The van der Waals surface area contributed by atoms with Crippen molar-refractivity contribution < 1.29 is 9.53 Å². The molecule has 1 fully saturated rings. The molecule has 0 aromatic heterocycles. The molecule has 0 aliphatic carbocycles. The SMILES string of the molecule is COc1cc(NC(=O)N2CCCCC2)ccc1Br. The Balaban J connectivity index is 2.02. The van der Waals surface area contributed by atoms with Gasteiger partial charge >= 0.3 is 6.03 Å². The number of halogens is 1. The van der Waals surface area contributed by atoms with E-state index in [0.29, 0.717) is 5.75 Å². The minimum atomic E-state index is -0.0286. The molecular weight excluding hydrogens is 296 g/mol. The number of likely N-dealkylation sites (tertiary alicyclic amines) is 1. The number of nitrogens with zero attached hydrogens (tertiary/aromatic N) is 1. The average molecular weight is 313 g/mol. The van der Waals surface area contributed by atoms with E-state index in [9.17, 15) is 4.79 Å². The Bertz CT molecular complexity index is 431. The summed E-state index contributed by atoms with van der Waals surface area (Å²) >= 11 is 3.39. The molecule has 1 aromatic rings. The standard InChI is InChI=1S/C13H17BrN2O2/c1-18-12-9-10(5-6-11(12)14)15-13(17)16-7-3-2-4-8-16/h5-6,9H,2-4,7-8H2,1H3,(H,15,17). The Hall–Kier alpha value is -1.23. The lowest BCUT2D eigenvalue weighted by Gasteiger charge is -2.26. The molecule has 1 aliphatic rings. The lowest BCUT2D eigenvalue weighted by atomic mass is 10.1. The largest absolute Gasteiger partial charge is 0.495 e. The number of carbonyl (C=O) groups is 1. The van der Waals surface area contributed by atoms with Crippen LogP contribution in [0.1, 0.15) is 19.3 Å². The van der Waals surface area contributed by atoms with Crippen LogP contribution >= 0.6 is 15.9 Å². The Labute approximate surface area is 115 Å². The lowest BCUT2D eigenvalue weighted by molar-refractivity contribution is 0.200. The van der Waals surface area contributed by atoms with Crippen molar-refractivity contribution in [2.75, 3.05) is 25.5 Å². The van der Waals surface area contributed by atoms with Crippen molar-refractivity contribution in [1.29, 1.82) is 0 Å². The van der Waals surface area contributed by atoms with Crippen LogP contribution < -0.4 is 10.1 Å². The zero-order valence-electron chi connectivity index (χ0n) is 10.4. The van der Waals surface area contributed by atoms with E-state index in [4.69, 9.17) is 4.74 Å². The molecule has 0 unspecified atom stereocenters. The second kappa shape index (κ2) is 6.09. The van der Waals surface area contributed by atoms with Gasteiger partial charge in [-0.25, -0.2) is 4.79 Å². The first-order valence-corrected chi connectivity index (χ1v) is 6.89. The highest BCUT2D eigenvalue weighted by molar-refractivity contribution is 9.10. The molecule has 1 saturated heterocycles. The number of amides is 2. The highest BCUT2D eigenvalue weighted by Crippen LogP contribution is 2.28. The second-order valence-electron chi connectivity index (χ2n) is 4.33. The monoisotopic (exact) mass is 312 g/mol. The highest BCUT2D eigenvalue weighted by Gasteiger charge is 2.16. The van der Waals surface area contributed by atoms with Crippen LogP contribution in [-0.2, 0) is 0 Å². The number of piperidine rings is 1. The maximum atomic E-state index is 12.0. The van der Waals surface area contributed by atoms with Crippen LogP contribution in [0.2, 0.25) is 0 Å². The van der Waals surface area contributed by atoms with Crippen LogP contribution in [0.5, 0.6) is 5.75 Å². The van der Waals surface area contributed by atoms with Gasteiger partial charge in [-0.05, 0) is 47.3 Å². The van der Waals surface area contributed by atoms with Gasteiger partial charge in [-0.1, -0.05) is 0 Å². The van der Waals surface area contributed by atoms with Gasteiger partial charge in [-0.3, -0.25) is 0 Å². The van der Waals surface area contributed by atoms with Crippen LogP contribution in [0.3, 0.4) is 0 Å². The molecule has 0 atom stereocenters. The van der Waals surface area contributed by atoms with Gasteiger partial charge in [0.1, 0.15) is 5.75 Å². The van der Waals surface area contributed by atoms with Crippen LogP contribution in [0.25, 0.3) is 0 Å². The molecule has 98 valence electrons.